The lowest BCUT2D eigenvalue weighted by Gasteiger charge is -2.12. The first-order valence-corrected chi connectivity index (χ1v) is 7.44. The Labute approximate surface area is 118 Å². The van der Waals surface area contributed by atoms with Gasteiger partial charge in [-0.2, -0.15) is 0 Å². The summed E-state index contributed by atoms with van der Waals surface area (Å²) in [6.07, 6.45) is 1.25. The van der Waals surface area contributed by atoms with Crippen molar-refractivity contribution in [1.82, 2.24) is 4.98 Å². The number of rotatable bonds is 4. The molecule has 4 N–H and O–H groups in total. The second kappa shape index (κ2) is 5.48. The smallest absolute Gasteiger partial charge is 0.263 e. The molecule has 20 heavy (non-hydrogen) atoms. The SMILES string of the molecule is Cc1cccc(NS(=O)(=O)c2ccc(NN)nc2)c1C. The van der Waals surface area contributed by atoms with Crippen LogP contribution >= 0.6 is 0 Å². The number of nitrogens with zero attached hydrogens (tertiary/aromatic N) is 1. The average Bonchev–Trinajstić information content (AvgIpc) is 2.44. The predicted octanol–water partition coefficient (Wildman–Crippen LogP) is 1.78. The van der Waals surface area contributed by atoms with Gasteiger partial charge in [-0.1, -0.05) is 12.1 Å². The van der Waals surface area contributed by atoms with Gasteiger partial charge in [-0.3, -0.25) is 4.72 Å². The molecule has 6 nitrogen and oxygen atoms in total. The minimum Gasteiger partial charge on any atom is -0.308 e. The molecule has 1 heterocycles. The maximum absolute atomic E-state index is 12.3. The average molecular weight is 292 g/mol. The molecule has 0 aliphatic heterocycles. The lowest BCUT2D eigenvalue weighted by atomic mass is 10.1. The molecule has 1 aromatic heterocycles. The molecule has 0 aliphatic carbocycles. The molecule has 0 saturated carbocycles. The normalized spacial score (nSPS) is 11.2. The van der Waals surface area contributed by atoms with Crippen LogP contribution in [0.2, 0.25) is 0 Å². The van der Waals surface area contributed by atoms with Crippen molar-refractivity contribution < 1.29 is 8.42 Å². The summed E-state index contributed by atoms with van der Waals surface area (Å²) in [5, 5.41) is 0. The fourth-order valence-electron chi connectivity index (χ4n) is 1.69. The van der Waals surface area contributed by atoms with Crippen molar-refractivity contribution in [2.24, 2.45) is 5.84 Å². The number of hydrogen-bond donors (Lipinski definition) is 3. The summed E-state index contributed by atoms with van der Waals surface area (Å²) >= 11 is 0. The van der Waals surface area contributed by atoms with E-state index in [0.717, 1.165) is 11.1 Å². The van der Waals surface area contributed by atoms with E-state index in [-0.39, 0.29) is 4.90 Å². The summed E-state index contributed by atoms with van der Waals surface area (Å²) in [5.41, 5.74) is 4.82. The van der Waals surface area contributed by atoms with Crippen molar-refractivity contribution in [3.8, 4) is 0 Å². The molecule has 0 unspecified atom stereocenters. The Bertz CT molecular complexity index is 712. The quantitative estimate of drug-likeness (QED) is 0.589. The zero-order valence-electron chi connectivity index (χ0n) is 11.2. The van der Waals surface area contributed by atoms with Crippen LogP contribution in [0.15, 0.2) is 41.4 Å². The van der Waals surface area contributed by atoms with E-state index in [2.05, 4.69) is 15.1 Å². The molecule has 2 aromatic rings. The van der Waals surface area contributed by atoms with Crippen LogP contribution in [0.5, 0.6) is 0 Å². The maximum atomic E-state index is 12.3. The number of anilines is 2. The molecule has 0 radical (unpaired) electrons. The van der Waals surface area contributed by atoms with Gasteiger partial charge in [0.1, 0.15) is 10.7 Å². The molecule has 0 bridgehead atoms. The van der Waals surface area contributed by atoms with E-state index in [9.17, 15) is 8.42 Å². The van der Waals surface area contributed by atoms with E-state index in [1.165, 1.54) is 18.3 Å². The maximum Gasteiger partial charge on any atom is 0.263 e. The molecular formula is C13H16N4O2S. The monoisotopic (exact) mass is 292 g/mol. The number of benzene rings is 1. The van der Waals surface area contributed by atoms with Crippen molar-refractivity contribution >= 4 is 21.5 Å². The van der Waals surface area contributed by atoms with Gasteiger partial charge >= 0.3 is 0 Å². The highest BCUT2D eigenvalue weighted by molar-refractivity contribution is 7.92. The number of aryl methyl sites for hydroxylation is 1. The van der Waals surface area contributed by atoms with Crippen LogP contribution in [-0.4, -0.2) is 13.4 Å². The van der Waals surface area contributed by atoms with Gasteiger partial charge in [-0.25, -0.2) is 19.2 Å². The molecule has 0 amide bonds. The molecular weight excluding hydrogens is 276 g/mol. The fraction of sp³-hybridized carbons (Fsp3) is 0.154. The highest BCUT2D eigenvalue weighted by atomic mass is 32.2. The van der Waals surface area contributed by atoms with Gasteiger partial charge < -0.3 is 5.43 Å². The number of nitrogens with two attached hydrogens (primary N) is 1. The van der Waals surface area contributed by atoms with Gasteiger partial charge in [-0.05, 0) is 43.2 Å². The lowest BCUT2D eigenvalue weighted by Crippen LogP contribution is -2.15. The molecule has 0 fully saturated rings. The van der Waals surface area contributed by atoms with Crippen molar-refractivity contribution in [3.05, 3.63) is 47.7 Å². The Balaban J connectivity index is 2.33. The molecule has 0 saturated heterocycles. The number of hydrazine groups is 1. The second-order valence-corrected chi connectivity index (χ2v) is 6.06. The first-order valence-electron chi connectivity index (χ1n) is 5.96. The first-order chi connectivity index (χ1) is 9.44. The van der Waals surface area contributed by atoms with Crippen LogP contribution in [0.1, 0.15) is 11.1 Å². The molecule has 0 atom stereocenters. The topological polar surface area (TPSA) is 97.1 Å². The predicted molar refractivity (Wildman–Crippen MR) is 78.8 cm³/mol. The molecule has 0 spiro atoms. The van der Waals surface area contributed by atoms with Crippen LogP contribution in [0.25, 0.3) is 0 Å². The van der Waals surface area contributed by atoms with Crippen molar-refractivity contribution in [2.75, 3.05) is 10.1 Å². The van der Waals surface area contributed by atoms with Gasteiger partial charge in [0.2, 0.25) is 0 Å². The summed E-state index contributed by atoms with van der Waals surface area (Å²) in [5.74, 6) is 5.59. The van der Waals surface area contributed by atoms with Crippen LogP contribution in [0.3, 0.4) is 0 Å². The van der Waals surface area contributed by atoms with Crippen LogP contribution < -0.4 is 16.0 Å². The molecule has 1 aromatic carbocycles. The minimum absolute atomic E-state index is 0.0809. The number of nitrogen functional groups attached to an aromatic ring is 1. The fourth-order valence-corrected chi connectivity index (χ4v) is 2.76. The van der Waals surface area contributed by atoms with E-state index in [0.29, 0.717) is 11.5 Å². The third kappa shape index (κ3) is 2.89. The number of pyridine rings is 1. The highest BCUT2D eigenvalue weighted by Crippen LogP contribution is 2.22. The molecule has 2 rings (SSSR count). The Morgan fingerprint density at radius 1 is 1.15 bits per heavy atom. The lowest BCUT2D eigenvalue weighted by molar-refractivity contribution is 0.601. The van der Waals surface area contributed by atoms with Gasteiger partial charge in [-0.15, -0.1) is 0 Å². The number of aromatic nitrogens is 1. The van der Waals surface area contributed by atoms with Crippen LogP contribution in [0, 0.1) is 13.8 Å². The van der Waals surface area contributed by atoms with E-state index in [4.69, 9.17) is 5.84 Å². The van der Waals surface area contributed by atoms with E-state index >= 15 is 0 Å². The summed E-state index contributed by atoms with van der Waals surface area (Å²) < 4.78 is 27.1. The first kappa shape index (κ1) is 14.3. The third-order valence-corrected chi connectivity index (χ3v) is 4.39. The Kier molecular flexibility index (Phi) is 3.91. The van der Waals surface area contributed by atoms with E-state index < -0.39 is 10.0 Å². The number of hydrogen-bond acceptors (Lipinski definition) is 5. The van der Waals surface area contributed by atoms with E-state index in [1.807, 2.05) is 19.9 Å². The van der Waals surface area contributed by atoms with Crippen molar-refractivity contribution in [2.45, 2.75) is 18.7 Å². The highest BCUT2D eigenvalue weighted by Gasteiger charge is 2.16. The molecule has 0 aliphatic rings. The molecule has 106 valence electrons. The zero-order chi connectivity index (χ0) is 14.8. The standard InChI is InChI=1S/C13H16N4O2S/c1-9-4-3-5-12(10(9)2)17-20(18,19)11-6-7-13(16-14)15-8-11/h3-8,17H,14H2,1-2H3,(H,15,16). The number of nitrogens with one attached hydrogen (secondary N) is 2. The second-order valence-electron chi connectivity index (χ2n) is 4.38. The largest absolute Gasteiger partial charge is 0.308 e. The Morgan fingerprint density at radius 3 is 2.50 bits per heavy atom. The van der Waals surface area contributed by atoms with Crippen LogP contribution in [-0.2, 0) is 10.0 Å². The zero-order valence-corrected chi connectivity index (χ0v) is 12.0. The van der Waals surface area contributed by atoms with Crippen LogP contribution in [0.4, 0.5) is 11.5 Å². The third-order valence-electron chi connectivity index (χ3n) is 3.04. The summed E-state index contributed by atoms with van der Waals surface area (Å²) in [4.78, 5) is 3.97. The van der Waals surface area contributed by atoms with Gasteiger partial charge in [0, 0.05) is 6.20 Å². The summed E-state index contributed by atoms with van der Waals surface area (Å²) in [7, 11) is -3.66. The van der Waals surface area contributed by atoms with Crippen molar-refractivity contribution in [3.63, 3.8) is 0 Å². The van der Waals surface area contributed by atoms with Gasteiger partial charge in [0.25, 0.3) is 10.0 Å². The molecule has 7 heteroatoms. The minimum atomic E-state index is -3.66. The summed E-state index contributed by atoms with van der Waals surface area (Å²) in [6.45, 7) is 3.79. The van der Waals surface area contributed by atoms with Gasteiger partial charge in [0.05, 0.1) is 5.69 Å². The summed E-state index contributed by atoms with van der Waals surface area (Å²) in [6, 6.07) is 8.40. The van der Waals surface area contributed by atoms with E-state index in [1.54, 1.807) is 12.1 Å². The number of sulfonamides is 1. The van der Waals surface area contributed by atoms with Gasteiger partial charge in [0.15, 0.2) is 0 Å². The Morgan fingerprint density at radius 2 is 1.90 bits per heavy atom. The Hall–Kier alpha value is -2.12. The van der Waals surface area contributed by atoms with Crippen molar-refractivity contribution in [1.29, 1.82) is 0 Å².